The zero-order valence-electron chi connectivity index (χ0n) is 6.13. The van der Waals surface area contributed by atoms with Gasteiger partial charge in [0.25, 0.3) is 0 Å². The summed E-state index contributed by atoms with van der Waals surface area (Å²) in [4.78, 5) is 4.73. The molecule has 0 spiro atoms. The SMILES string of the molecule is COC1(ON)CCOCC1. The quantitative estimate of drug-likeness (QED) is 0.442. The van der Waals surface area contributed by atoms with E-state index in [-0.39, 0.29) is 0 Å². The molecule has 1 heterocycles. The third kappa shape index (κ3) is 1.46. The lowest BCUT2D eigenvalue weighted by Gasteiger charge is -2.32. The molecule has 0 aromatic heterocycles. The predicted octanol–water partition coefficient (Wildman–Crippen LogP) is 0.0298. The average Bonchev–Trinajstić information content (AvgIpc) is 2.06. The van der Waals surface area contributed by atoms with E-state index in [0.717, 1.165) is 0 Å². The van der Waals surface area contributed by atoms with Crippen LogP contribution in [0.1, 0.15) is 12.8 Å². The van der Waals surface area contributed by atoms with Crippen LogP contribution in [0.5, 0.6) is 0 Å². The van der Waals surface area contributed by atoms with Crippen LogP contribution >= 0.6 is 0 Å². The topological polar surface area (TPSA) is 53.7 Å². The average molecular weight is 147 g/mol. The van der Waals surface area contributed by atoms with Gasteiger partial charge in [0.2, 0.25) is 0 Å². The summed E-state index contributed by atoms with van der Waals surface area (Å²) >= 11 is 0. The molecule has 1 fully saturated rings. The van der Waals surface area contributed by atoms with E-state index in [1.54, 1.807) is 7.11 Å². The molecule has 1 aliphatic rings. The Morgan fingerprint density at radius 3 is 2.30 bits per heavy atom. The molecule has 0 aromatic carbocycles. The van der Waals surface area contributed by atoms with Crippen molar-refractivity contribution in [1.29, 1.82) is 0 Å². The first kappa shape index (κ1) is 7.94. The van der Waals surface area contributed by atoms with Gasteiger partial charge in [0, 0.05) is 20.0 Å². The van der Waals surface area contributed by atoms with Crippen molar-refractivity contribution in [3.8, 4) is 0 Å². The fraction of sp³-hybridized carbons (Fsp3) is 1.00. The minimum absolute atomic E-state index is 0.585. The van der Waals surface area contributed by atoms with Gasteiger partial charge in [0.05, 0.1) is 13.2 Å². The van der Waals surface area contributed by atoms with E-state index < -0.39 is 5.79 Å². The summed E-state index contributed by atoms with van der Waals surface area (Å²) in [5.74, 6) is 4.48. The number of methoxy groups -OCH3 is 1. The van der Waals surface area contributed by atoms with Gasteiger partial charge in [-0.25, -0.2) is 5.90 Å². The largest absolute Gasteiger partial charge is 0.381 e. The summed E-state index contributed by atoms with van der Waals surface area (Å²) in [6.45, 7) is 1.32. The molecule has 0 atom stereocenters. The summed E-state index contributed by atoms with van der Waals surface area (Å²) in [6.07, 6.45) is 1.42. The number of hydrogen-bond acceptors (Lipinski definition) is 4. The Balaban J connectivity index is 2.44. The van der Waals surface area contributed by atoms with Crippen molar-refractivity contribution in [2.24, 2.45) is 5.90 Å². The zero-order valence-corrected chi connectivity index (χ0v) is 6.13. The van der Waals surface area contributed by atoms with Gasteiger partial charge in [-0.15, -0.1) is 0 Å². The summed E-state index contributed by atoms with van der Waals surface area (Å²) in [5.41, 5.74) is 0. The van der Waals surface area contributed by atoms with E-state index in [9.17, 15) is 0 Å². The molecule has 10 heavy (non-hydrogen) atoms. The van der Waals surface area contributed by atoms with Crippen LogP contribution < -0.4 is 5.90 Å². The molecule has 1 aliphatic heterocycles. The Hall–Kier alpha value is -0.160. The van der Waals surface area contributed by atoms with Crippen molar-refractivity contribution >= 4 is 0 Å². The lowest BCUT2D eigenvalue weighted by Crippen LogP contribution is -2.42. The van der Waals surface area contributed by atoms with Gasteiger partial charge < -0.3 is 9.47 Å². The highest BCUT2D eigenvalue weighted by atomic mass is 16.8. The monoisotopic (exact) mass is 147 g/mol. The second kappa shape index (κ2) is 3.30. The highest BCUT2D eigenvalue weighted by molar-refractivity contribution is 4.71. The molecular weight excluding hydrogens is 134 g/mol. The molecular formula is C6H13NO3. The van der Waals surface area contributed by atoms with Gasteiger partial charge in [-0.3, -0.25) is 4.84 Å². The van der Waals surface area contributed by atoms with Gasteiger partial charge in [0.15, 0.2) is 5.79 Å². The first-order valence-electron chi connectivity index (χ1n) is 3.34. The highest BCUT2D eigenvalue weighted by Crippen LogP contribution is 2.23. The van der Waals surface area contributed by atoms with Crippen molar-refractivity contribution in [2.45, 2.75) is 18.6 Å². The first-order chi connectivity index (χ1) is 4.83. The summed E-state index contributed by atoms with van der Waals surface area (Å²) < 4.78 is 10.2. The first-order valence-corrected chi connectivity index (χ1v) is 3.34. The molecule has 2 N–H and O–H groups in total. The van der Waals surface area contributed by atoms with Gasteiger partial charge in [0.1, 0.15) is 0 Å². The minimum Gasteiger partial charge on any atom is -0.381 e. The third-order valence-corrected chi connectivity index (χ3v) is 1.84. The lowest BCUT2D eigenvalue weighted by atomic mass is 10.1. The molecule has 4 nitrogen and oxygen atoms in total. The summed E-state index contributed by atoms with van der Waals surface area (Å²) in [7, 11) is 1.60. The Bertz CT molecular complexity index is 95.2. The number of ether oxygens (including phenoxy) is 2. The van der Waals surface area contributed by atoms with E-state index >= 15 is 0 Å². The van der Waals surface area contributed by atoms with Crippen LogP contribution in [0.25, 0.3) is 0 Å². The van der Waals surface area contributed by atoms with Crippen molar-refractivity contribution in [2.75, 3.05) is 20.3 Å². The Labute approximate surface area is 60.2 Å². The van der Waals surface area contributed by atoms with Gasteiger partial charge in [-0.1, -0.05) is 0 Å². The van der Waals surface area contributed by atoms with E-state index in [0.29, 0.717) is 26.1 Å². The van der Waals surface area contributed by atoms with Crippen molar-refractivity contribution in [3.05, 3.63) is 0 Å². The third-order valence-electron chi connectivity index (χ3n) is 1.84. The van der Waals surface area contributed by atoms with Crippen LogP contribution in [-0.4, -0.2) is 26.1 Å². The molecule has 4 heteroatoms. The molecule has 60 valence electrons. The maximum Gasteiger partial charge on any atom is 0.191 e. The van der Waals surface area contributed by atoms with Crippen LogP contribution in [0.2, 0.25) is 0 Å². The summed E-state index contributed by atoms with van der Waals surface area (Å²) in [6, 6.07) is 0. The summed E-state index contributed by atoms with van der Waals surface area (Å²) in [5, 5.41) is 0. The second-order valence-corrected chi connectivity index (χ2v) is 2.35. The van der Waals surface area contributed by atoms with Crippen LogP contribution in [-0.2, 0) is 14.3 Å². The standard InChI is InChI=1S/C6H13NO3/c1-8-6(10-7)2-4-9-5-3-6/h2-5,7H2,1H3. The normalized spacial score (nSPS) is 24.6. The van der Waals surface area contributed by atoms with Crippen LogP contribution in [0, 0.1) is 0 Å². The molecule has 0 bridgehead atoms. The van der Waals surface area contributed by atoms with Crippen LogP contribution in [0.4, 0.5) is 0 Å². The molecule has 0 aromatic rings. The molecule has 1 rings (SSSR count). The molecule has 0 radical (unpaired) electrons. The van der Waals surface area contributed by atoms with E-state index in [4.69, 9.17) is 20.2 Å². The predicted molar refractivity (Wildman–Crippen MR) is 35.1 cm³/mol. The second-order valence-electron chi connectivity index (χ2n) is 2.35. The lowest BCUT2D eigenvalue weighted by molar-refractivity contribution is -0.258. The zero-order chi connectivity index (χ0) is 7.45. The van der Waals surface area contributed by atoms with Crippen molar-refractivity contribution in [3.63, 3.8) is 0 Å². The Kier molecular flexibility index (Phi) is 2.62. The van der Waals surface area contributed by atoms with Crippen molar-refractivity contribution < 1.29 is 14.3 Å². The van der Waals surface area contributed by atoms with Crippen LogP contribution in [0.15, 0.2) is 0 Å². The Morgan fingerprint density at radius 1 is 1.40 bits per heavy atom. The minimum atomic E-state index is -0.585. The molecule has 0 amide bonds. The fourth-order valence-electron chi connectivity index (χ4n) is 1.05. The van der Waals surface area contributed by atoms with E-state index in [1.165, 1.54) is 0 Å². The fourth-order valence-corrected chi connectivity index (χ4v) is 1.05. The Morgan fingerprint density at radius 2 is 2.00 bits per heavy atom. The smallest absolute Gasteiger partial charge is 0.191 e. The van der Waals surface area contributed by atoms with Crippen molar-refractivity contribution in [1.82, 2.24) is 0 Å². The maximum atomic E-state index is 5.11. The number of hydrogen-bond donors (Lipinski definition) is 1. The molecule has 0 aliphatic carbocycles. The van der Waals surface area contributed by atoms with Gasteiger partial charge >= 0.3 is 0 Å². The molecule has 1 saturated heterocycles. The van der Waals surface area contributed by atoms with Gasteiger partial charge in [-0.2, -0.15) is 0 Å². The highest BCUT2D eigenvalue weighted by Gasteiger charge is 2.32. The van der Waals surface area contributed by atoms with Gasteiger partial charge in [-0.05, 0) is 0 Å². The van der Waals surface area contributed by atoms with E-state index in [1.807, 2.05) is 0 Å². The number of rotatable bonds is 2. The van der Waals surface area contributed by atoms with E-state index in [2.05, 4.69) is 0 Å². The molecule has 0 unspecified atom stereocenters. The molecule has 0 saturated carbocycles. The maximum absolute atomic E-state index is 5.11. The van der Waals surface area contributed by atoms with Crippen LogP contribution in [0.3, 0.4) is 0 Å². The number of nitrogens with two attached hydrogens (primary N) is 1.